The first kappa shape index (κ1) is 28.7. The molecule has 0 spiro atoms. The van der Waals surface area contributed by atoms with Crippen LogP contribution >= 0.6 is 0 Å². The molecule has 0 amide bonds. The van der Waals surface area contributed by atoms with Crippen molar-refractivity contribution in [3.63, 3.8) is 0 Å². The molecule has 8 atom stereocenters. The summed E-state index contributed by atoms with van der Waals surface area (Å²) in [4.78, 5) is 12.8. The van der Waals surface area contributed by atoms with Crippen LogP contribution < -0.4 is 4.74 Å². The number of esters is 1. The molecule has 39 heavy (non-hydrogen) atoms. The van der Waals surface area contributed by atoms with Crippen molar-refractivity contribution in [2.45, 2.75) is 136 Å². The Balaban J connectivity index is 1.16. The molecule has 0 N–H and O–H groups in total. The van der Waals surface area contributed by atoms with Gasteiger partial charge in [-0.2, -0.15) is 0 Å². The Morgan fingerprint density at radius 2 is 1.72 bits per heavy atom. The molecule has 4 aliphatic rings. The first-order valence-corrected chi connectivity index (χ1v) is 16.5. The summed E-state index contributed by atoms with van der Waals surface area (Å²) in [5.41, 5.74) is 2.43. The van der Waals surface area contributed by atoms with Crippen LogP contribution in [0.2, 0.25) is 0 Å². The second-order valence-electron chi connectivity index (χ2n) is 14.0. The predicted molar refractivity (Wildman–Crippen MR) is 160 cm³/mol. The molecule has 1 aromatic rings. The molecule has 216 valence electrons. The van der Waals surface area contributed by atoms with Crippen LogP contribution in [-0.2, 0) is 9.53 Å². The Morgan fingerprint density at radius 1 is 0.949 bits per heavy atom. The Morgan fingerprint density at radius 3 is 2.51 bits per heavy atom. The van der Waals surface area contributed by atoms with Gasteiger partial charge in [0, 0.05) is 6.42 Å². The molecule has 1 aromatic carbocycles. The van der Waals surface area contributed by atoms with E-state index in [1.54, 1.807) is 12.5 Å². The summed E-state index contributed by atoms with van der Waals surface area (Å²) in [6, 6.07) is 9.57. The maximum absolute atomic E-state index is 12.8. The Kier molecular flexibility index (Phi) is 9.14. The lowest BCUT2D eigenvalue weighted by Gasteiger charge is -2.58. The molecule has 0 saturated heterocycles. The Hall–Kier alpha value is -1.77. The van der Waals surface area contributed by atoms with Gasteiger partial charge in [0.15, 0.2) is 6.10 Å². The van der Waals surface area contributed by atoms with Crippen LogP contribution in [0.25, 0.3) is 0 Å². The van der Waals surface area contributed by atoms with Crippen molar-refractivity contribution in [1.29, 1.82) is 0 Å². The van der Waals surface area contributed by atoms with Gasteiger partial charge in [-0.15, -0.1) is 0 Å². The van der Waals surface area contributed by atoms with Crippen molar-refractivity contribution in [3.8, 4) is 5.75 Å². The molecule has 0 radical (unpaired) electrons. The van der Waals surface area contributed by atoms with Crippen LogP contribution in [0, 0.1) is 34.5 Å². The number of fused-ring (bicyclic) bond motifs is 5. The molecule has 0 aromatic heterocycles. The van der Waals surface area contributed by atoms with Gasteiger partial charge in [0.2, 0.25) is 0 Å². The molecule has 3 saturated carbocycles. The zero-order chi connectivity index (χ0) is 27.5. The Bertz CT molecular complexity index is 984. The fourth-order valence-corrected chi connectivity index (χ4v) is 9.49. The van der Waals surface area contributed by atoms with E-state index in [4.69, 9.17) is 9.47 Å². The molecule has 0 heterocycles. The highest BCUT2D eigenvalue weighted by Gasteiger charge is 2.58. The number of para-hydroxylation sites is 1. The average molecular weight is 535 g/mol. The van der Waals surface area contributed by atoms with Crippen molar-refractivity contribution in [3.05, 3.63) is 42.0 Å². The van der Waals surface area contributed by atoms with Crippen LogP contribution in [0.5, 0.6) is 5.75 Å². The number of allylic oxidation sites excluding steroid dienone is 1. The van der Waals surface area contributed by atoms with Crippen LogP contribution in [0.1, 0.15) is 124 Å². The second kappa shape index (κ2) is 12.4. The summed E-state index contributed by atoms with van der Waals surface area (Å²) >= 11 is 0. The maximum Gasteiger partial charge on any atom is 0.347 e. The van der Waals surface area contributed by atoms with E-state index in [2.05, 4.69) is 26.8 Å². The molecule has 4 aliphatic carbocycles. The number of unbranched alkanes of at least 4 members (excludes halogenated alkanes) is 5. The molecule has 3 fully saturated rings. The number of hydrogen-bond acceptors (Lipinski definition) is 3. The van der Waals surface area contributed by atoms with Gasteiger partial charge in [0.05, 0.1) is 0 Å². The topological polar surface area (TPSA) is 35.5 Å². The number of carbonyl (C=O) groups is 1. The van der Waals surface area contributed by atoms with Crippen molar-refractivity contribution < 1.29 is 14.3 Å². The van der Waals surface area contributed by atoms with Crippen molar-refractivity contribution >= 4 is 5.97 Å². The van der Waals surface area contributed by atoms with E-state index in [1.165, 1.54) is 77.0 Å². The zero-order valence-corrected chi connectivity index (χ0v) is 25.3. The van der Waals surface area contributed by atoms with Gasteiger partial charge in [-0.05, 0) is 105 Å². The lowest BCUT2D eigenvalue weighted by molar-refractivity contribution is -0.159. The molecular weight excluding hydrogens is 480 g/mol. The van der Waals surface area contributed by atoms with Gasteiger partial charge in [0.1, 0.15) is 11.9 Å². The van der Waals surface area contributed by atoms with E-state index in [0.29, 0.717) is 11.2 Å². The summed E-state index contributed by atoms with van der Waals surface area (Å²) < 4.78 is 11.8. The monoisotopic (exact) mass is 534 g/mol. The van der Waals surface area contributed by atoms with E-state index in [-0.39, 0.29) is 17.5 Å². The summed E-state index contributed by atoms with van der Waals surface area (Å²) in [6.45, 7) is 9.34. The van der Waals surface area contributed by atoms with Gasteiger partial charge < -0.3 is 9.47 Å². The largest absolute Gasteiger partial charge is 0.479 e. The predicted octanol–water partition coefficient (Wildman–Crippen LogP) is 9.70. The molecule has 3 heteroatoms. The van der Waals surface area contributed by atoms with Crippen LogP contribution in [-0.4, -0.2) is 18.2 Å². The minimum absolute atomic E-state index is 0.0164. The smallest absolute Gasteiger partial charge is 0.347 e. The Labute approximate surface area is 238 Å². The quantitative estimate of drug-likeness (QED) is 0.161. The SMILES string of the molecule is CCCCCCCCC1CCC2C3CC=C4CC(OC(=O)C(C)Oc5ccccc5)CCC4(C)C3CCC12C. The molecule has 8 unspecified atom stereocenters. The molecule has 3 nitrogen and oxygen atoms in total. The van der Waals surface area contributed by atoms with Gasteiger partial charge in [-0.25, -0.2) is 4.79 Å². The standard InChI is InChI=1S/C36H54O3/c1-5-6-7-8-9-11-14-27-18-20-32-31-19-17-28-25-30(21-23-36(28,4)33(31)22-24-35(27,32)3)39-34(37)26(2)38-29-15-12-10-13-16-29/h10,12-13,15-17,26-27,30-33H,5-9,11,14,18-25H2,1-4H3. The first-order valence-electron chi connectivity index (χ1n) is 16.5. The van der Waals surface area contributed by atoms with Crippen LogP contribution in [0.3, 0.4) is 0 Å². The molecular formula is C36H54O3. The van der Waals surface area contributed by atoms with Crippen molar-refractivity contribution in [1.82, 2.24) is 0 Å². The normalized spacial score (nSPS) is 36.2. The van der Waals surface area contributed by atoms with E-state index in [0.717, 1.165) is 42.9 Å². The number of ether oxygens (including phenoxy) is 2. The first-order chi connectivity index (χ1) is 18.8. The average Bonchev–Trinajstić information content (AvgIpc) is 3.27. The summed E-state index contributed by atoms with van der Waals surface area (Å²) in [5.74, 6) is 3.98. The third kappa shape index (κ3) is 5.98. The number of carbonyl (C=O) groups excluding carboxylic acids is 1. The third-order valence-electron chi connectivity index (χ3n) is 11.8. The zero-order valence-electron chi connectivity index (χ0n) is 25.3. The number of rotatable bonds is 11. The third-order valence-corrected chi connectivity index (χ3v) is 11.8. The summed E-state index contributed by atoms with van der Waals surface area (Å²) in [7, 11) is 0. The lowest BCUT2D eigenvalue weighted by Crippen LogP contribution is -2.50. The van der Waals surface area contributed by atoms with E-state index >= 15 is 0 Å². The maximum atomic E-state index is 12.8. The van der Waals surface area contributed by atoms with E-state index in [1.807, 2.05) is 30.3 Å². The van der Waals surface area contributed by atoms with E-state index < -0.39 is 6.10 Å². The number of hydrogen-bond donors (Lipinski definition) is 0. The van der Waals surface area contributed by atoms with Gasteiger partial charge in [-0.1, -0.05) is 89.1 Å². The van der Waals surface area contributed by atoms with Crippen LogP contribution in [0.4, 0.5) is 0 Å². The van der Waals surface area contributed by atoms with Crippen LogP contribution in [0.15, 0.2) is 42.0 Å². The fourth-order valence-electron chi connectivity index (χ4n) is 9.49. The lowest BCUT2D eigenvalue weighted by atomic mass is 9.47. The second-order valence-corrected chi connectivity index (χ2v) is 14.0. The summed E-state index contributed by atoms with van der Waals surface area (Å²) in [5, 5.41) is 0. The highest BCUT2D eigenvalue weighted by atomic mass is 16.6. The van der Waals surface area contributed by atoms with Crippen molar-refractivity contribution in [2.75, 3.05) is 0 Å². The van der Waals surface area contributed by atoms with Crippen molar-refractivity contribution in [2.24, 2.45) is 34.5 Å². The molecule has 0 bridgehead atoms. The fraction of sp³-hybridized carbons (Fsp3) is 0.750. The van der Waals surface area contributed by atoms with Gasteiger partial charge >= 0.3 is 5.97 Å². The van der Waals surface area contributed by atoms with Gasteiger partial charge in [0.25, 0.3) is 0 Å². The van der Waals surface area contributed by atoms with E-state index in [9.17, 15) is 4.79 Å². The minimum Gasteiger partial charge on any atom is -0.479 e. The highest BCUT2D eigenvalue weighted by molar-refractivity contribution is 5.74. The minimum atomic E-state index is -0.590. The molecule has 0 aliphatic heterocycles. The summed E-state index contributed by atoms with van der Waals surface area (Å²) in [6.07, 6.45) is 22.0. The highest BCUT2D eigenvalue weighted by Crippen LogP contribution is 2.66. The van der Waals surface area contributed by atoms with Gasteiger partial charge in [-0.3, -0.25) is 0 Å². The number of benzene rings is 1. The molecule has 5 rings (SSSR count).